The van der Waals surface area contributed by atoms with Crippen molar-refractivity contribution in [1.82, 2.24) is 4.98 Å². The fraction of sp³-hybridized carbons (Fsp3) is 0.423. The van der Waals surface area contributed by atoms with Crippen LogP contribution in [0.3, 0.4) is 0 Å². The van der Waals surface area contributed by atoms with Crippen molar-refractivity contribution < 1.29 is 18.3 Å². The van der Waals surface area contributed by atoms with Crippen LogP contribution >= 0.6 is 0 Å². The van der Waals surface area contributed by atoms with Crippen molar-refractivity contribution in [3.05, 3.63) is 48.5 Å². The summed E-state index contributed by atoms with van der Waals surface area (Å²) in [7, 11) is -1.25. The molecule has 0 spiro atoms. The van der Waals surface area contributed by atoms with E-state index in [1.54, 1.807) is 7.11 Å². The number of benzene rings is 2. The van der Waals surface area contributed by atoms with Crippen molar-refractivity contribution in [3.63, 3.8) is 0 Å². The molecule has 3 atom stereocenters. The summed E-state index contributed by atoms with van der Waals surface area (Å²) in [5.74, 6) is 1.75. The first-order valence-electron chi connectivity index (χ1n) is 11.9. The monoisotopic (exact) mass is 479 g/mol. The Bertz CT molecular complexity index is 1320. The molecule has 3 fully saturated rings. The molecule has 4 heterocycles. The highest BCUT2D eigenvalue weighted by Crippen LogP contribution is 2.40. The molecular formula is C26H29N3O4S. The topological polar surface area (TPSA) is 83.0 Å². The number of ether oxygens (including phenoxy) is 1. The number of aromatic nitrogens is 1. The molecule has 0 bridgehead atoms. The zero-order valence-corrected chi connectivity index (χ0v) is 20.0. The lowest BCUT2D eigenvalue weighted by molar-refractivity contribution is 0.198. The molecule has 3 aliphatic heterocycles. The van der Waals surface area contributed by atoms with Crippen LogP contribution in [0.1, 0.15) is 6.42 Å². The van der Waals surface area contributed by atoms with Crippen LogP contribution in [-0.2, 0) is 9.84 Å². The van der Waals surface area contributed by atoms with Crippen LogP contribution in [0.5, 0.6) is 5.75 Å². The first-order chi connectivity index (χ1) is 16.4. The summed E-state index contributed by atoms with van der Waals surface area (Å²) in [6.07, 6.45) is 0.549. The lowest BCUT2D eigenvalue weighted by Crippen LogP contribution is -2.24. The number of aliphatic hydroxyl groups excluding tert-OH is 1. The zero-order chi connectivity index (χ0) is 23.4. The number of pyridine rings is 1. The van der Waals surface area contributed by atoms with E-state index < -0.39 is 9.84 Å². The molecule has 3 saturated heterocycles. The number of hydrogen-bond acceptors (Lipinski definition) is 7. The number of nitrogens with zero attached hydrogens (tertiary/aromatic N) is 3. The van der Waals surface area contributed by atoms with Gasteiger partial charge in [0.1, 0.15) is 5.75 Å². The smallest absolute Gasteiger partial charge is 0.151 e. The maximum Gasteiger partial charge on any atom is 0.151 e. The van der Waals surface area contributed by atoms with Crippen LogP contribution in [-0.4, -0.2) is 69.4 Å². The Morgan fingerprint density at radius 1 is 0.971 bits per heavy atom. The van der Waals surface area contributed by atoms with E-state index in [0.717, 1.165) is 65.3 Å². The summed E-state index contributed by atoms with van der Waals surface area (Å²) in [5.41, 5.74) is 4.98. The van der Waals surface area contributed by atoms with Gasteiger partial charge < -0.3 is 19.6 Å². The molecule has 0 amide bonds. The minimum Gasteiger partial charge on any atom is -0.497 e. The van der Waals surface area contributed by atoms with Gasteiger partial charge in [-0.1, -0.05) is 12.1 Å². The maximum atomic E-state index is 12.1. The highest BCUT2D eigenvalue weighted by atomic mass is 32.2. The number of fused-ring (bicyclic) bond motifs is 2. The Kier molecular flexibility index (Phi) is 5.18. The van der Waals surface area contributed by atoms with Gasteiger partial charge in [0.05, 0.1) is 35.9 Å². The van der Waals surface area contributed by atoms with E-state index in [0.29, 0.717) is 18.1 Å². The summed E-state index contributed by atoms with van der Waals surface area (Å²) in [4.78, 5) is 9.51. The Balaban J connectivity index is 1.37. The molecule has 3 aromatic rings. The second-order valence-corrected chi connectivity index (χ2v) is 12.0. The van der Waals surface area contributed by atoms with E-state index in [2.05, 4.69) is 40.1 Å². The van der Waals surface area contributed by atoms with Gasteiger partial charge in [-0.2, -0.15) is 0 Å². The lowest BCUT2D eigenvalue weighted by atomic mass is 10.0. The molecule has 0 saturated carbocycles. The van der Waals surface area contributed by atoms with Crippen LogP contribution in [0.2, 0.25) is 0 Å². The third kappa shape index (κ3) is 3.88. The van der Waals surface area contributed by atoms with Gasteiger partial charge in [-0.05, 0) is 48.6 Å². The summed E-state index contributed by atoms with van der Waals surface area (Å²) in [6, 6.07) is 16.5. The molecule has 6 rings (SSSR count). The van der Waals surface area contributed by atoms with Gasteiger partial charge in [0.15, 0.2) is 9.84 Å². The third-order valence-corrected chi connectivity index (χ3v) is 9.41. The van der Waals surface area contributed by atoms with Gasteiger partial charge in [0.2, 0.25) is 0 Å². The molecule has 3 aliphatic rings. The summed E-state index contributed by atoms with van der Waals surface area (Å²) >= 11 is 0. The Morgan fingerprint density at radius 2 is 1.71 bits per heavy atom. The first kappa shape index (κ1) is 21.7. The number of anilines is 2. The zero-order valence-electron chi connectivity index (χ0n) is 19.2. The van der Waals surface area contributed by atoms with Gasteiger partial charge >= 0.3 is 0 Å². The molecule has 1 aromatic heterocycles. The third-order valence-electron chi connectivity index (χ3n) is 7.54. The molecule has 2 aromatic carbocycles. The predicted molar refractivity (Wildman–Crippen MR) is 134 cm³/mol. The lowest BCUT2D eigenvalue weighted by Gasteiger charge is -2.23. The number of hydrogen-bond donors (Lipinski definition) is 1. The number of rotatable bonds is 4. The van der Waals surface area contributed by atoms with Gasteiger partial charge in [0, 0.05) is 54.6 Å². The van der Waals surface area contributed by atoms with Crippen LogP contribution < -0.4 is 14.5 Å². The molecule has 0 radical (unpaired) electrons. The van der Waals surface area contributed by atoms with Crippen molar-refractivity contribution >= 4 is 32.1 Å². The summed E-state index contributed by atoms with van der Waals surface area (Å²) < 4.78 is 29.6. The van der Waals surface area contributed by atoms with Gasteiger partial charge in [-0.25, -0.2) is 13.4 Å². The SMILES string of the molecule is COc1ccc2c(N3CC4CS(=O)(=O)CC4C3)cc(-c3ccc(N4CCC(O)C4)cc3)nc2c1. The Labute approximate surface area is 199 Å². The first-order valence-corrected chi connectivity index (χ1v) is 13.7. The van der Waals surface area contributed by atoms with E-state index in [9.17, 15) is 13.5 Å². The summed E-state index contributed by atoms with van der Waals surface area (Å²) in [5, 5.41) is 10.9. The normalized spacial score (nSPS) is 25.8. The second kappa shape index (κ2) is 8.13. The minimum atomic E-state index is -2.90. The number of aliphatic hydroxyl groups is 1. The maximum absolute atomic E-state index is 12.1. The number of sulfone groups is 1. The van der Waals surface area contributed by atoms with Gasteiger partial charge in [-0.3, -0.25) is 0 Å². The second-order valence-electron chi connectivity index (χ2n) is 9.85. The Morgan fingerprint density at radius 3 is 2.35 bits per heavy atom. The molecule has 7 nitrogen and oxygen atoms in total. The van der Waals surface area contributed by atoms with E-state index in [1.807, 2.05) is 18.2 Å². The standard InChI is InChI=1S/C26H29N3O4S/c1-33-22-6-7-23-25(10-22)27-24(17-2-4-20(5-3-17)28-9-8-21(30)14-28)11-26(23)29-12-18-15-34(31,32)16-19(18)13-29/h2-7,10-11,18-19,21,30H,8-9,12-16H2,1H3. The van der Waals surface area contributed by atoms with Gasteiger partial charge in [-0.15, -0.1) is 0 Å². The molecular weight excluding hydrogens is 450 g/mol. The summed E-state index contributed by atoms with van der Waals surface area (Å²) in [6.45, 7) is 3.05. The highest BCUT2D eigenvalue weighted by molar-refractivity contribution is 7.91. The van der Waals surface area contributed by atoms with Crippen molar-refractivity contribution in [2.24, 2.45) is 11.8 Å². The van der Waals surface area contributed by atoms with Crippen molar-refractivity contribution in [2.45, 2.75) is 12.5 Å². The minimum absolute atomic E-state index is 0.199. The van der Waals surface area contributed by atoms with Crippen LogP contribution in [0.4, 0.5) is 11.4 Å². The van der Waals surface area contributed by atoms with Crippen LogP contribution in [0.15, 0.2) is 48.5 Å². The fourth-order valence-corrected chi connectivity index (χ4v) is 7.98. The van der Waals surface area contributed by atoms with Crippen molar-refractivity contribution in [2.75, 3.05) is 54.6 Å². The Hall–Kier alpha value is -2.84. The molecule has 3 unspecified atom stereocenters. The average molecular weight is 480 g/mol. The van der Waals surface area contributed by atoms with Crippen molar-refractivity contribution in [3.8, 4) is 17.0 Å². The molecule has 0 aliphatic carbocycles. The number of β-amino-alcohol motifs (C(OH)–C–C–N with tert-alkyl or cyclic N) is 1. The molecule has 178 valence electrons. The average Bonchev–Trinajstić information content (AvgIpc) is 3.50. The molecule has 34 heavy (non-hydrogen) atoms. The van der Waals surface area contributed by atoms with Crippen LogP contribution in [0.25, 0.3) is 22.2 Å². The van der Waals surface area contributed by atoms with E-state index in [4.69, 9.17) is 9.72 Å². The van der Waals surface area contributed by atoms with E-state index in [1.165, 1.54) is 0 Å². The quantitative estimate of drug-likeness (QED) is 0.616. The predicted octanol–water partition coefficient (Wildman–Crippen LogP) is 2.96. The van der Waals surface area contributed by atoms with Gasteiger partial charge in [0.25, 0.3) is 0 Å². The molecule has 8 heteroatoms. The van der Waals surface area contributed by atoms with E-state index in [-0.39, 0.29) is 17.9 Å². The fourth-order valence-electron chi connectivity index (χ4n) is 5.78. The van der Waals surface area contributed by atoms with Crippen molar-refractivity contribution in [1.29, 1.82) is 0 Å². The number of methoxy groups -OCH3 is 1. The van der Waals surface area contributed by atoms with Crippen LogP contribution in [0, 0.1) is 11.8 Å². The highest BCUT2D eigenvalue weighted by Gasteiger charge is 2.44. The van der Waals surface area contributed by atoms with E-state index >= 15 is 0 Å². The molecule has 1 N–H and O–H groups in total. The largest absolute Gasteiger partial charge is 0.497 e.